The van der Waals surface area contributed by atoms with Crippen LogP contribution in [-0.2, 0) is 14.8 Å². The first kappa shape index (κ1) is 22.1. The van der Waals surface area contributed by atoms with Crippen LogP contribution in [0.15, 0.2) is 71.1 Å². The van der Waals surface area contributed by atoms with Crippen molar-refractivity contribution in [3.05, 3.63) is 71.7 Å². The van der Waals surface area contributed by atoms with Gasteiger partial charge in [-0.05, 0) is 68.1 Å². The Hall–Kier alpha value is -2.75. The van der Waals surface area contributed by atoms with Gasteiger partial charge in [0.25, 0.3) is 10.0 Å². The molecular formula is C24H30N4O3S2. The molecule has 2 aromatic carbocycles. The van der Waals surface area contributed by atoms with Gasteiger partial charge in [0.2, 0.25) is 5.91 Å². The number of thiazole rings is 1. The topological polar surface area (TPSA) is 82.6 Å². The van der Waals surface area contributed by atoms with E-state index in [1.807, 2.05) is 6.07 Å². The van der Waals surface area contributed by atoms with E-state index in [0.29, 0.717) is 17.6 Å². The molecule has 7 nitrogen and oxygen atoms in total. The largest absolute Gasteiger partial charge is 0.311 e. The number of likely N-dealkylation sites (tertiary alicyclic amines) is 1. The maximum absolute atomic E-state index is 13.2. The Morgan fingerprint density at radius 3 is 2.36 bits per heavy atom. The van der Waals surface area contributed by atoms with Crippen molar-refractivity contribution in [3.8, 4) is 0 Å². The van der Waals surface area contributed by atoms with Gasteiger partial charge in [-0.15, -0.1) is 11.3 Å². The van der Waals surface area contributed by atoms with Crippen LogP contribution >= 0.6 is 11.3 Å². The zero-order valence-electron chi connectivity index (χ0n) is 18.1. The van der Waals surface area contributed by atoms with E-state index in [1.165, 1.54) is 29.0 Å². The van der Waals surface area contributed by atoms with Gasteiger partial charge in [-0.2, -0.15) is 0 Å². The molecule has 9 heteroatoms. The van der Waals surface area contributed by atoms with Crippen LogP contribution in [0.5, 0.6) is 0 Å². The third kappa shape index (κ3) is 4.66. The van der Waals surface area contributed by atoms with E-state index in [0.717, 1.165) is 38.0 Å². The Labute approximate surface area is 201 Å². The summed E-state index contributed by atoms with van der Waals surface area (Å²) in [5.41, 5.74) is 2.12. The quantitative estimate of drug-likeness (QED) is 0.558. The number of hydrogen-bond acceptors (Lipinski definition) is 6. The zero-order valence-corrected chi connectivity index (χ0v) is 19.8. The highest BCUT2D eigenvalue weighted by atomic mass is 32.2. The second kappa shape index (κ2) is 9.24. The number of anilines is 2. The van der Waals surface area contributed by atoms with Crippen LogP contribution in [0.25, 0.3) is 0 Å². The van der Waals surface area contributed by atoms with Crippen LogP contribution < -0.4 is 9.62 Å². The highest BCUT2D eigenvalue weighted by Crippen LogP contribution is 2.32. The minimum Gasteiger partial charge on any atom is -0.311 e. The van der Waals surface area contributed by atoms with Crippen LogP contribution in [0.4, 0.5) is 10.8 Å². The average Bonchev–Trinajstić information content (AvgIpc) is 3.49. The van der Waals surface area contributed by atoms with Crippen molar-refractivity contribution in [3.63, 3.8) is 0 Å². The number of aromatic nitrogens is 1. The Morgan fingerprint density at radius 2 is 1.70 bits per heavy atom. The van der Waals surface area contributed by atoms with Gasteiger partial charge < -0.3 is 4.90 Å². The first-order valence-corrected chi connectivity index (χ1v) is 13.5. The molecule has 2 fully saturated rings. The molecule has 1 atom stereocenters. The van der Waals surface area contributed by atoms with Crippen LogP contribution in [0.3, 0.4) is 0 Å². The van der Waals surface area contributed by atoms with Crippen molar-refractivity contribution in [1.82, 2.24) is 9.88 Å². The molecule has 3 heterocycles. The zero-order chi connectivity index (χ0) is 22.8. The summed E-state index contributed by atoms with van der Waals surface area (Å²) in [5.74, 6) is 0.659. The summed E-state index contributed by atoms with van der Waals surface area (Å²) in [4.78, 5) is 21.4. The predicted octanol–water partition coefficient (Wildman–Crippen LogP) is 4.42. The molecule has 33 heavy (non-hydrogen) atoms. The number of benzene rings is 2. The molecule has 0 aliphatic carbocycles. The summed E-state index contributed by atoms with van der Waals surface area (Å²) in [6, 6.07) is 17.0. The number of amides is 1. The minimum atomic E-state index is -3.71. The normalized spacial score (nSPS) is 20.3. The van der Waals surface area contributed by atoms with Crippen LogP contribution in [0.1, 0.15) is 33.6 Å². The maximum atomic E-state index is 13.2. The van der Waals surface area contributed by atoms with Gasteiger partial charge in [0.15, 0.2) is 5.13 Å². The number of piperidine rings is 1. The third-order valence-electron chi connectivity index (χ3n) is 6.53. The molecule has 2 aliphatic heterocycles. The predicted molar refractivity (Wildman–Crippen MR) is 134 cm³/mol. The Balaban J connectivity index is 0.00000171. The average molecular weight is 487 g/mol. The fourth-order valence-corrected chi connectivity index (χ4v) is 6.57. The molecule has 1 aromatic heterocycles. The fourth-order valence-electron chi connectivity index (χ4n) is 4.78. The molecule has 0 saturated carbocycles. The second-order valence-electron chi connectivity index (χ2n) is 8.45. The first-order valence-electron chi connectivity index (χ1n) is 11.1. The Bertz CT molecular complexity index is 1200. The Morgan fingerprint density at radius 1 is 0.970 bits per heavy atom. The number of carbonyl (C=O) groups is 1. The molecule has 0 spiro atoms. The highest BCUT2D eigenvalue weighted by molar-refractivity contribution is 7.93. The lowest BCUT2D eigenvalue weighted by atomic mass is 9.89. The van der Waals surface area contributed by atoms with Gasteiger partial charge in [-0.3, -0.25) is 14.4 Å². The van der Waals surface area contributed by atoms with Crippen molar-refractivity contribution >= 4 is 38.1 Å². The van der Waals surface area contributed by atoms with E-state index in [9.17, 15) is 13.2 Å². The van der Waals surface area contributed by atoms with Crippen molar-refractivity contribution in [2.24, 2.45) is 0 Å². The summed E-state index contributed by atoms with van der Waals surface area (Å²) >= 11 is 1.22. The van der Waals surface area contributed by atoms with Gasteiger partial charge >= 0.3 is 0 Å². The number of hydrogen-bond donors (Lipinski definition) is 1. The molecule has 0 radical (unpaired) electrons. The van der Waals surface area contributed by atoms with Crippen LogP contribution in [0.2, 0.25) is 0 Å². The number of carbonyl (C=O) groups excluding carboxylic acids is 1. The van der Waals surface area contributed by atoms with Crippen molar-refractivity contribution < 1.29 is 16.1 Å². The van der Waals surface area contributed by atoms with Gasteiger partial charge in [0.1, 0.15) is 0 Å². The van der Waals surface area contributed by atoms with Crippen molar-refractivity contribution in [2.75, 3.05) is 29.3 Å². The lowest BCUT2D eigenvalue weighted by molar-refractivity contribution is -0.122. The molecular weight excluding hydrogens is 456 g/mol. The maximum Gasteiger partial charge on any atom is 0.263 e. The number of rotatable bonds is 6. The first-order chi connectivity index (χ1) is 16.0. The van der Waals surface area contributed by atoms with Gasteiger partial charge in [0.05, 0.1) is 10.9 Å². The van der Waals surface area contributed by atoms with E-state index in [1.54, 1.807) is 28.6 Å². The summed E-state index contributed by atoms with van der Waals surface area (Å²) in [7, 11) is -3.71. The van der Waals surface area contributed by atoms with Crippen molar-refractivity contribution in [1.29, 1.82) is 0 Å². The van der Waals surface area contributed by atoms with Gasteiger partial charge in [0, 0.05) is 26.7 Å². The Kier molecular flexibility index (Phi) is 6.18. The summed E-state index contributed by atoms with van der Waals surface area (Å²) in [6.07, 6.45) is 4.46. The summed E-state index contributed by atoms with van der Waals surface area (Å²) in [5, 5.41) is 2.04. The molecule has 1 amide bonds. The lowest BCUT2D eigenvalue weighted by Crippen LogP contribution is -2.45. The van der Waals surface area contributed by atoms with Crippen molar-refractivity contribution in [2.45, 2.75) is 36.1 Å². The standard InChI is InChI=1S/C24H26N4O3S2.2H2/c29-23-22(27-14-10-19(11-15-27)18-4-2-1-3-5-18)12-16-28(23)20-6-8-21(9-7-20)33(30,31)26-24-25-13-17-32-24;;/h1-9,13,17,19,22H,10-12,14-16H2,(H,25,26);2*1H/t22-;;/m0../s1. The summed E-state index contributed by atoms with van der Waals surface area (Å²) < 4.78 is 27.6. The molecule has 176 valence electrons. The molecule has 3 aromatic rings. The van der Waals surface area contributed by atoms with Crippen LogP contribution in [-0.4, -0.2) is 49.9 Å². The number of nitrogens with one attached hydrogen (secondary N) is 1. The lowest BCUT2D eigenvalue weighted by Gasteiger charge is -2.35. The molecule has 5 rings (SSSR count). The smallest absolute Gasteiger partial charge is 0.263 e. The van der Waals surface area contributed by atoms with E-state index < -0.39 is 10.0 Å². The molecule has 1 N–H and O–H groups in total. The summed E-state index contributed by atoms with van der Waals surface area (Å²) in [6.45, 7) is 2.48. The van der Waals surface area contributed by atoms with Gasteiger partial charge in [-0.1, -0.05) is 30.3 Å². The number of nitrogens with zero attached hydrogens (tertiary/aromatic N) is 3. The third-order valence-corrected chi connectivity index (χ3v) is 8.70. The molecule has 0 bridgehead atoms. The van der Waals surface area contributed by atoms with E-state index >= 15 is 0 Å². The monoisotopic (exact) mass is 486 g/mol. The van der Waals surface area contributed by atoms with E-state index in [-0.39, 0.29) is 19.7 Å². The van der Waals surface area contributed by atoms with E-state index in [4.69, 9.17) is 0 Å². The molecule has 0 unspecified atom stereocenters. The highest BCUT2D eigenvalue weighted by Gasteiger charge is 2.38. The van der Waals surface area contributed by atoms with E-state index in [2.05, 4.69) is 38.9 Å². The van der Waals surface area contributed by atoms with Gasteiger partial charge in [-0.25, -0.2) is 13.4 Å². The SMILES string of the molecule is O=C1[C@@H](N2CCC(c3ccccc3)CC2)CCN1c1ccc(S(=O)(=O)Nc2nccs2)cc1.[HH].[HH]. The minimum absolute atomic E-state index is 0. The fraction of sp³-hybridized carbons (Fsp3) is 0.333. The number of sulfonamides is 1. The van der Waals surface area contributed by atoms with Crippen LogP contribution in [0, 0.1) is 0 Å². The second-order valence-corrected chi connectivity index (χ2v) is 11.0. The molecule has 2 aliphatic rings. The molecule has 2 saturated heterocycles.